The summed E-state index contributed by atoms with van der Waals surface area (Å²) in [7, 11) is 0. The Bertz CT molecular complexity index is 327. The second kappa shape index (κ2) is 9.77. The van der Waals surface area contributed by atoms with Crippen LogP contribution in [0.25, 0.3) is 0 Å². The summed E-state index contributed by atoms with van der Waals surface area (Å²) in [5.74, 6) is 0.159. The number of carbonyl (C=O) groups excluding carboxylic acids is 2. The largest absolute Gasteiger partial charge is 0.396 e. The highest BCUT2D eigenvalue weighted by Crippen LogP contribution is 2.23. The molecule has 0 bridgehead atoms. The first-order chi connectivity index (χ1) is 10.1. The highest BCUT2D eigenvalue weighted by molar-refractivity contribution is 5.81. The van der Waals surface area contributed by atoms with Gasteiger partial charge in [-0.15, -0.1) is 0 Å². The highest BCUT2D eigenvalue weighted by atomic mass is 16.3. The van der Waals surface area contributed by atoms with E-state index in [2.05, 4.69) is 10.6 Å². The van der Waals surface area contributed by atoms with Crippen LogP contribution in [0.1, 0.15) is 65.2 Å². The van der Waals surface area contributed by atoms with Crippen LogP contribution in [0, 0.1) is 5.92 Å². The lowest BCUT2D eigenvalue weighted by Gasteiger charge is -2.23. The molecule has 2 unspecified atom stereocenters. The molecule has 1 rings (SSSR count). The third-order valence-electron chi connectivity index (χ3n) is 4.19. The van der Waals surface area contributed by atoms with Crippen molar-refractivity contribution in [2.75, 3.05) is 6.61 Å². The Morgan fingerprint density at radius 1 is 1.19 bits per heavy atom. The summed E-state index contributed by atoms with van der Waals surface area (Å²) in [6, 6.07) is -0.130. The van der Waals surface area contributed by atoms with E-state index in [4.69, 9.17) is 5.11 Å². The highest BCUT2D eigenvalue weighted by Gasteiger charge is 2.23. The molecule has 3 N–H and O–H groups in total. The van der Waals surface area contributed by atoms with Gasteiger partial charge >= 0.3 is 0 Å². The van der Waals surface area contributed by atoms with Crippen LogP contribution in [0.4, 0.5) is 0 Å². The SMILES string of the molecule is CCC(CCO)NC(=O)CC(C)NC(=O)C1CCCCC1. The Hall–Kier alpha value is -1.10. The van der Waals surface area contributed by atoms with Gasteiger partial charge in [0.15, 0.2) is 0 Å². The molecule has 0 aliphatic heterocycles. The van der Waals surface area contributed by atoms with Gasteiger partial charge in [0.05, 0.1) is 0 Å². The maximum absolute atomic E-state index is 12.1. The van der Waals surface area contributed by atoms with Crippen molar-refractivity contribution in [3.05, 3.63) is 0 Å². The van der Waals surface area contributed by atoms with Crippen molar-refractivity contribution < 1.29 is 14.7 Å². The molecule has 2 amide bonds. The lowest BCUT2D eigenvalue weighted by atomic mass is 9.88. The van der Waals surface area contributed by atoms with Crippen molar-refractivity contribution in [1.29, 1.82) is 0 Å². The Morgan fingerprint density at radius 3 is 2.43 bits per heavy atom. The van der Waals surface area contributed by atoms with Gasteiger partial charge in [-0.3, -0.25) is 9.59 Å². The first kappa shape index (κ1) is 18.0. The summed E-state index contributed by atoms with van der Waals surface area (Å²) in [6.07, 6.45) is 7.10. The van der Waals surface area contributed by atoms with Crippen LogP contribution in [0.2, 0.25) is 0 Å². The zero-order valence-corrected chi connectivity index (χ0v) is 13.4. The van der Waals surface area contributed by atoms with E-state index < -0.39 is 0 Å². The molecule has 0 heterocycles. The predicted octanol–water partition coefficient (Wildman–Crippen LogP) is 1.74. The van der Waals surface area contributed by atoms with Gasteiger partial charge in [-0.1, -0.05) is 26.2 Å². The van der Waals surface area contributed by atoms with Gasteiger partial charge in [0.1, 0.15) is 0 Å². The van der Waals surface area contributed by atoms with Crippen molar-refractivity contribution in [3.8, 4) is 0 Å². The molecule has 0 aromatic carbocycles. The molecule has 0 saturated heterocycles. The summed E-state index contributed by atoms with van der Waals surface area (Å²) >= 11 is 0. The molecule has 0 radical (unpaired) electrons. The van der Waals surface area contributed by atoms with E-state index in [0.717, 1.165) is 32.1 Å². The molecule has 1 fully saturated rings. The van der Waals surface area contributed by atoms with Crippen LogP contribution >= 0.6 is 0 Å². The normalized spacial score (nSPS) is 18.8. The summed E-state index contributed by atoms with van der Waals surface area (Å²) in [6.45, 7) is 3.93. The molecular weight excluding hydrogens is 268 g/mol. The van der Waals surface area contributed by atoms with Crippen LogP contribution in [0.5, 0.6) is 0 Å². The molecule has 122 valence electrons. The summed E-state index contributed by atoms with van der Waals surface area (Å²) in [5.41, 5.74) is 0. The maximum Gasteiger partial charge on any atom is 0.223 e. The maximum atomic E-state index is 12.1. The summed E-state index contributed by atoms with van der Waals surface area (Å²) < 4.78 is 0. The van der Waals surface area contributed by atoms with Crippen molar-refractivity contribution in [2.45, 2.75) is 77.3 Å². The van der Waals surface area contributed by atoms with Crippen molar-refractivity contribution in [2.24, 2.45) is 5.92 Å². The second-order valence-electron chi connectivity index (χ2n) is 6.13. The van der Waals surface area contributed by atoms with E-state index >= 15 is 0 Å². The Morgan fingerprint density at radius 2 is 1.86 bits per heavy atom. The fraction of sp³-hybridized carbons (Fsp3) is 0.875. The summed E-state index contributed by atoms with van der Waals surface area (Å²) in [4.78, 5) is 24.0. The van der Waals surface area contributed by atoms with Gasteiger partial charge < -0.3 is 15.7 Å². The smallest absolute Gasteiger partial charge is 0.223 e. The number of hydrogen-bond donors (Lipinski definition) is 3. The van der Waals surface area contributed by atoms with E-state index in [9.17, 15) is 9.59 Å². The van der Waals surface area contributed by atoms with Crippen molar-refractivity contribution in [3.63, 3.8) is 0 Å². The van der Waals surface area contributed by atoms with Gasteiger partial charge in [0.25, 0.3) is 0 Å². The third kappa shape index (κ3) is 6.93. The topological polar surface area (TPSA) is 78.4 Å². The van der Waals surface area contributed by atoms with Crippen LogP contribution in [-0.4, -0.2) is 35.6 Å². The number of amides is 2. The van der Waals surface area contributed by atoms with E-state index in [1.165, 1.54) is 6.42 Å². The second-order valence-corrected chi connectivity index (χ2v) is 6.13. The predicted molar refractivity (Wildman–Crippen MR) is 82.7 cm³/mol. The number of aliphatic hydroxyl groups excluding tert-OH is 1. The quantitative estimate of drug-likeness (QED) is 0.638. The lowest BCUT2D eigenvalue weighted by Crippen LogP contribution is -2.42. The minimum atomic E-state index is -0.147. The van der Waals surface area contributed by atoms with Crippen LogP contribution in [0.15, 0.2) is 0 Å². The zero-order valence-electron chi connectivity index (χ0n) is 13.4. The fourth-order valence-corrected chi connectivity index (χ4v) is 2.88. The van der Waals surface area contributed by atoms with Gasteiger partial charge in [-0.2, -0.15) is 0 Å². The number of rotatable bonds is 8. The van der Waals surface area contributed by atoms with E-state index in [1.54, 1.807) is 0 Å². The van der Waals surface area contributed by atoms with Crippen LogP contribution < -0.4 is 10.6 Å². The molecule has 1 aliphatic carbocycles. The van der Waals surface area contributed by atoms with Crippen molar-refractivity contribution in [1.82, 2.24) is 10.6 Å². The van der Waals surface area contributed by atoms with E-state index in [1.807, 2.05) is 13.8 Å². The molecule has 21 heavy (non-hydrogen) atoms. The lowest BCUT2D eigenvalue weighted by molar-refractivity contribution is -0.127. The van der Waals surface area contributed by atoms with Gasteiger partial charge in [-0.05, 0) is 32.6 Å². The average Bonchev–Trinajstić information content (AvgIpc) is 2.47. The van der Waals surface area contributed by atoms with E-state index in [-0.39, 0.29) is 36.4 Å². The van der Waals surface area contributed by atoms with Gasteiger partial charge in [0, 0.05) is 31.0 Å². The Labute approximate surface area is 127 Å². The number of carbonyl (C=O) groups is 2. The molecule has 5 nitrogen and oxygen atoms in total. The first-order valence-corrected chi connectivity index (χ1v) is 8.27. The molecule has 0 aromatic rings. The standard InChI is InChI=1S/C16H30N2O3/c1-3-14(9-10-19)18-15(20)11-12(2)17-16(21)13-7-5-4-6-8-13/h12-14,19H,3-11H2,1-2H3,(H,17,21)(H,18,20). The summed E-state index contributed by atoms with van der Waals surface area (Å²) in [5, 5.41) is 14.8. The Balaban J connectivity index is 2.29. The zero-order chi connectivity index (χ0) is 15.7. The molecule has 0 spiro atoms. The Kier molecular flexibility index (Phi) is 8.35. The van der Waals surface area contributed by atoms with Gasteiger partial charge in [0.2, 0.25) is 11.8 Å². The minimum absolute atomic E-state index is 0.0174. The molecule has 1 saturated carbocycles. The van der Waals surface area contributed by atoms with Crippen LogP contribution in [0.3, 0.4) is 0 Å². The minimum Gasteiger partial charge on any atom is -0.396 e. The average molecular weight is 298 g/mol. The third-order valence-corrected chi connectivity index (χ3v) is 4.19. The number of nitrogens with one attached hydrogen (secondary N) is 2. The fourth-order valence-electron chi connectivity index (χ4n) is 2.88. The molecule has 5 heteroatoms. The molecule has 1 aliphatic rings. The number of hydrogen-bond acceptors (Lipinski definition) is 3. The molecular formula is C16H30N2O3. The van der Waals surface area contributed by atoms with Crippen LogP contribution in [-0.2, 0) is 9.59 Å². The number of aliphatic hydroxyl groups is 1. The van der Waals surface area contributed by atoms with Gasteiger partial charge in [-0.25, -0.2) is 0 Å². The molecule has 2 atom stereocenters. The monoisotopic (exact) mass is 298 g/mol. The van der Waals surface area contributed by atoms with E-state index in [0.29, 0.717) is 12.8 Å². The first-order valence-electron chi connectivity index (χ1n) is 8.27. The molecule has 0 aromatic heterocycles. The van der Waals surface area contributed by atoms with Crippen molar-refractivity contribution >= 4 is 11.8 Å².